The Labute approximate surface area is 196 Å². The highest BCUT2D eigenvalue weighted by Crippen LogP contribution is 2.23. The minimum Gasteiger partial charge on any atom is -0.497 e. The van der Waals surface area contributed by atoms with E-state index in [9.17, 15) is 9.59 Å². The number of likely N-dealkylation sites (tertiary alicyclic amines) is 1. The summed E-state index contributed by atoms with van der Waals surface area (Å²) in [6, 6.07) is 14.8. The van der Waals surface area contributed by atoms with Crippen LogP contribution >= 0.6 is 0 Å². The quantitative estimate of drug-likeness (QED) is 0.413. The molecule has 1 saturated heterocycles. The topological polar surface area (TPSA) is 79.9 Å². The van der Waals surface area contributed by atoms with Crippen molar-refractivity contribution in [3.8, 4) is 5.75 Å². The third-order valence-electron chi connectivity index (χ3n) is 5.93. The fourth-order valence-corrected chi connectivity index (χ4v) is 4.17. The number of rotatable bonds is 10. The van der Waals surface area contributed by atoms with E-state index in [1.165, 1.54) is 18.4 Å². The van der Waals surface area contributed by atoms with Gasteiger partial charge in [-0.25, -0.2) is 9.59 Å². The van der Waals surface area contributed by atoms with Gasteiger partial charge in [0.1, 0.15) is 5.75 Å². The van der Waals surface area contributed by atoms with Crippen molar-refractivity contribution in [2.24, 2.45) is 5.92 Å². The molecular formula is C26H35N3O4. The van der Waals surface area contributed by atoms with Crippen LogP contribution in [0.2, 0.25) is 0 Å². The van der Waals surface area contributed by atoms with E-state index in [0.717, 1.165) is 38.2 Å². The fraction of sp³-hybridized carbons (Fsp3) is 0.462. The lowest BCUT2D eigenvalue weighted by Crippen LogP contribution is -2.37. The number of carbonyl (C=O) groups is 2. The molecule has 0 aromatic heterocycles. The highest BCUT2D eigenvalue weighted by atomic mass is 16.5. The summed E-state index contributed by atoms with van der Waals surface area (Å²) in [7, 11) is 1.71. The fourth-order valence-electron chi connectivity index (χ4n) is 4.17. The second kappa shape index (κ2) is 12.8. The molecule has 7 heteroatoms. The van der Waals surface area contributed by atoms with E-state index in [4.69, 9.17) is 9.47 Å². The lowest BCUT2D eigenvalue weighted by molar-refractivity contribution is 0.0526. The van der Waals surface area contributed by atoms with Crippen molar-refractivity contribution in [2.75, 3.05) is 45.2 Å². The second-order valence-electron chi connectivity index (χ2n) is 8.38. The van der Waals surface area contributed by atoms with Crippen LogP contribution < -0.4 is 15.4 Å². The Morgan fingerprint density at radius 2 is 1.88 bits per heavy atom. The number of ether oxygens (including phenoxy) is 2. The van der Waals surface area contributed by atoms with Crippen molar-refractivity contribution < 1.29 is 19.1 Å². The van der Waals surface area contributed by atoms with Crippen LogP contribution in [-0.4, -0.2) is 56.8 Å². The van der Waals surface area contributed by atoms with Crippen LogP contribution in [0.1, 0.15) is 42.1 Å². The number of methoxy groups -OCH3 is 1. The van der Waals surface area contributed by atoms with Crippen molar-refractivity contribution in [1.82, 2.24) is 10.2 Å². The van der Waals surface area contributed by atoms with Gasteiger partial charge in [0.25, 0.3) is 0 Å². The van der Waals surface area contributed by atoms with Gasteiger partial charge in [0, 0.05) is 12.2 Å². The Hall–Kier alpha value is -3.06. The number of esters is 1. The molecule has 2 aromatic rings. The first-order chi connectivity index (χ1) is 16.1. The van der Waals surface area contributed by atoms with Crippen LogP contribution in [-0.2, 0) is 11.2 Å². The zero-order valence-electron chi connectivity index (χ0n) is 19.6. The van der Waals surface area contributed by atoms with Gasteiger partial charge in [0.2, 0.25) is 0 Å². The molecule has 0 spiro atoms. The SMILES string of the molecule is CCOC(=O)c1cccc(NC(=O)NCCCN2CCC(Cc3cccc(OC)c3)CC2)c1. The van der Waals surface area contributed by atoms with Crippen LogP contribution in [0.25, 0.3) is 0 Å². The van der Waals surface area contributed by atoms with Gasteiger partial charge in [0.05, 0.1) is 19.3 Å². The highest BCUT2D eigenvalue weighted by molar-refractivity contribution is 5.93. The minimum atomic E-state index is -0.395. The first-order valence-electron chi connectivity index (χ1n) is 11.7. The molecule has 1 aliphatic heterocycles. The Morgan fingerprint density at radius 1 is 1.09 bits per heavy atom. The molecule has 0 saturated carbocycles. The van der Waals surface area contributed by atoms with E-state index in [1.807, 2.05) is 6.07 Å². The maximum Gasteiger partial charge on any atom is 0.338 e. The molecule has 178 valence electrons. The number of amides is 2. The summed E-state index contributed by atoms with van der Waals surface area (Å²) in [6.07, 6.45) is 4.39. The molecule has 0 radical (unpaired) electrons. The van der Waals surface area contributed by atoms with Gasteiger partial charge in [-0.05, 0) is 94.1 Å². The average Bonchev–Trinajstić information content (AvgIpc) is 2.83. The van der Waals surface area contributed by atoms with Crippen LogP contribution in [0, 0.1) is 5.92 Å². The van der Waals surface area contributed by atoms with Gasteiger partial charge < -0.3 is 25.0 Å². The molecule has 0 atom stereocenters. The zero-order chi connectivity index (χ0) is 23.5. The van der Waals surface area contributed by atoms with Crippen LogP contribution in [0.4, 0.5) is 10.5 Å². The summed E-state index contributed by atoms with van der Waals surface area (Å²) < 4.78 is 10.3. The molecule has 33 heavy (non-hydrogen) atoms. The van der Waals surface area contributed by atoms with Crippen molar-refractivity contribution in [3.63, 3.8) is 0 Å². The summed E-state index contributed by atoms with van der Waals surface area (Å²) >= 11 is 0. The first kappa shape index (κ1) is 24.6. The predicted molar refractivity (Wildman–Crippen MR) is 130 cm³/mol. The largest absolute Gasteiger partial charge is 0.497 e. The van der Waals surface area contributed by atoms with Gasteiger partial charge >= 0.3 is 12.0 Å². The monoisotopic (exact) mass is 453 g/mol. The van der Waals surface area contributed by atoms with Gasteiger partial charge in [0.15, 0.2) is 0 Å². The maximum absolute atomic E-state index is 12.2. The number of urea groups is 1. The van der Waals surface area contributed by atoms with Crippen molar-refractivity contribution in [2.45, 2.75) is 32.6 Å². The Balaban J connectivity index is 1.31. The molecule has 2 aromatic carbocycles. The maximum atomic E-state index is 12.2. The number of anilines is 1. The number of nitrogens with one attached hydrogen (secondary N) is 2. The summed E-state index contributed by atoms with van der Waals surface area (Å²) in [5.74, 6) is 1.24. The minimum absolute atomic E-state index is 0.270. The number of hydrogen-bond donors (Lipinski definition) is 2. The normalized spacial score (nSPS) is 14.5. The smallest absolute Gasteiger partial charge is 0.338 e. The van der Waals surface area contributed by atoms with Gasteiger partial charge in [-0.2, -0.15) is 0 Å². The van der Waals surface area contributed by atoms with E-state index in [-0.39, 0.29) is 6.03 Å². The molecule has 0 aliphatic carbocycles. The molecule has 1 fully saturated rings. The molecule has 7 nitrogen and oxygen atoms in total. The van der Waals surface area contributed by atoms with Crippen LogP contribution in [0.3, 0.4) is 0 Å². The molecular weight excluding hydrogens is 418 g/mol. The Bertz CT molecular complexity index is 910. The van der Waals surface area contributed by atoms with E-state index < -0.39 is 5.97 Å². The number of nitrogens with zero attached hydrogens (tertiary/aromatic N) is 1. The van der Waals surface area contributed by atoms with Gasteiger partial charge in [-0.3, -0.25) is 0 Å². The average molecular weight is 454 g/mol. The standard InChI is InChI=1S/C26H35N3O4/c1-3-33-25(30)22-8-5-9-23(19-22)28-26(31)27-13-6-14-29-15-11-20(12-16-29)17-21-7-4-10-24(18-21)32-2/h4-5,7-10,18-20H,3,6,11-17H2,1-2H3,(H2,27,28,31). The van der Waals surface area contributed by atoms with Crippen LogP contribution in [0.5, 0.6) is 5.75 Å². The van der Waals surface area contributed by atoms with E-state index >= 15 is 0 Å². The molecule has 0 bridgehead atoms. The van der Waals surface area contributed by atoms with Gasteiger partial charge in [-0.15, -0.1) is 0 Å². The molecule has 1 aliphatic rings. The third kappa shape index (κ3) is 8.09. The van der Waals surface area contributed by atoms with E-state index in [1.54, 1.807) is 38.3 Å². The molecule has 2 N–H and O–H groups in total. The second-order valence-corrected chi connectivity index (χ2v) is 8.38. The summed E-state index contributed by atoms with van der Waals surface area (Å²) in [5, 5.41) is 5.67. The predicted octanol–water partition coefficient (Wildman–Crippen LogP) is 4.34. The van der Waals surface area contributed by atoms with Crippen LogP contribution in [0.15, 0.2) is 48.5 Å². The lowest BCUT2D eigenvalue weighted by atomic mass is 9.90. The molecule has 1 heterocycles. The van der Waals surface area contributed by atoms with Crippen molar-refractivity contribution in [1.29, 1.82) is 0 Å². The summed E-state index contributed by atoms with van der Waals surface area (Å²) in [4.78, 5) is 26.5. The number of hydrogen-bond acceptors (Lipinski definition) is 5. The van der Waals surface area contributed by atoms with Gasteiger partial charge in [-0.1, -0.05) is 18.2 Å². The Morgan fingerprint density at radius 3 is 2.64 bits per heavy atom. The molecule has 3 rings (SSSR count). The van der Waals surface area contributed by atoms with E-state index in [0.29, 0.717) is 30.3 Å². The summed E-state index contributed by atoms with van der Waals surface area (Å²) in [5.41, 5.74) is 2.33. The lowest BCUT2D eigenvalue weighted by Gasteiger charge is -2.32. The number of benzene rings is 2. The highest BCUT2D eigenvalue weighted by Gasteiger charge is 2.19. The van der Waals surface area contributed by atoms with Crippen molar-refractivity contribution >= 4 is 17.7 Å². The summed E-state index contributed by atoms with van der Waals surface area (Å²) in [6.45, 7) is 5.86. The van der Waals surface area contributed by atoms with E-state index in [2.05, 4.69) is 33.7 Å². The zero-order valence-corrected chi connectivity index (χ0v) is 19.6. The first-order valence-corrected chi connectivity index (χ1v) is 11.7. The molecule has 2 amide bonds. The van der Waals surface area contributed by atoms with Crippen molar-refractivity contribution in [3.05, 3.63) is 59.7 Å². The number of piperidine rings is 1. The molecule has 0 unspecified atom stereocenters. The number of carbonyl (C=O) groups excluding carboxylic acids is 2. The third-order valence-corrected chi connectivity index (χ3v) is 5.93. The Kier molecular flexibility index (Phi) is 9.57.